The molecule has 2 nitrogen and oxygen atoms in total. The fourth-order valence-electron chi connectivity index (χ4n) is 14.1. The Bertz CT molecular complexity index is 5420. The van der Waals surface area contributed by atoms with Crippen LogP contribution in [0.2, 0.25) is 0 Å². The average Bonchev–Trinajstić information content (AvgIpc) is 2.04. The highest BCUT2D eigenvalue weighted by Gasteiger charge is 2.25. The van der Waals surface area contributed by atoms with Crippen molar-refractivity contribution in [2.75, 3.05) is 0 Å². The van der Waals surface area contributed by atoms with E-state index in [-0.39, 0.29) is 0 Å². The molecule has 0 bridgehead atoms. The van der Waals surface area contributed by atoms with Crippen LogP contribution in [0.15, 0.2) is 288 Å². The smallest absolute Gasteiger partial charge is 0.143 e. The van der Waals surface area contributed by atoms with Crippen LogP contribution in [-0.4, -0.2) is 0 Å². The van der Waals surface area contributed by atoms with E-state index in [0.717, 1.165) is 87.7 Å². The van der Waals surface area contributed by atoms with E-state index in [1.807, 2.05) is 0 Å². The van der Waals surface area contributed by atoms with Crippen LogP contribution >= 0.6 is 0 Å². The molecule has 378 valence electrons. The Morgan fingerprint density at radius 2 is 0.500 bits per heavy atom. The van der Waals surface area contributed by atoms with Crippen molar-refractivity contribution in [3.8, 4) is 55.6 Å². The molecule has 0 spiro atoms. The molecule has 0 atom stereocenters. The summed E-state index contributed by atoms with van der Waals surface area (Å²) in [5, 5.41) is 23.5. The number of benzene rings is 16. The number of hydrogen-bond donors (Lipinski definition) is 0. The fourth-order valence-corrected chi connectivity index (χ4v) is 14.1. The van der Waals surface area contributed by atoms with E-state index in [9.17, 15) is 0 Å². The van der Waals surface area contributed by atoms with Crippen LogP contribution in [0.3, 0.4) is 0 Å². The Hall–Kier alpha value is -10.8. The standard InChI is InChI=1S/C80H46O2/c1-3-19-51-43-53(37-35-47(51)15-1)55-23-9-27-61-69(55)45-70-56(54-38-36-48-16-2-4-20-52(48)44-54)24-10-28-62(70)77(61)78-63-29-11-25-59(65-31-13-33-67-75-57-21-7-5-17-49(57)39-41-73(75)81-79(65)67)71(63)46-72-60(26-12-30-64(72)78)66-32-14-34-68-76-58-22-8-6-18-50(58)40-42-74(76)82-80(66)68/h1-46H. The number of furan rings is 2. The zero-order valence-corrected chi connectivity index (χ0v) is 44.4. The molecule has 0 N–H and O–H groups in total. The van der Waals surface area contributed by atoms with Crippen molar-refractivity contribution in [2.45, 2.75) is 0 Å². The molecule has 0 saturated carbocycles. The van der Waals surface area contributed by atoms with E-state index in [1.54, 1.807) is 0 Å². The van der Waals surface area contributed by atoms with Gasteiger partial charge in [-0.25, -0.2) is 0 Å². The average molecular weight is 1040 g/mol. The number of rotatable bonds is 5. The van der Waals surface area contributed by atoms with Crippen LogP contribution in [-0.2, 0) is 0 Å². The summed E-state index contributed by atoms with van der Waals surface area (Å²) in [6, 6.07) is 103. The fraction of sp³-hybridized carbons (Fsp3) is 0. The molecule has 0 fully saturated rings. The van der Waals surface area contributed by atoms with Gasteiger partial charge in [0.25, 0.3) is 0 Å². The van der Waals surface area contributed by atoms with E-state index in [2.05, 4.69) is 279 Å². The van der Waals surface area contributed by atoms with Gasteiger partial charge in [0.1, 0.15) is 22.3 Å². The highest BCUT2D eigenvalue weighted by Crippen LogP contribution is 2.52. The molecule has 18 rings (SSSR count). The molecule has 2 aromatic heterocycles. The monoisotopic (exact) mass is 1040 g/mol. The predicted molar refractivity (Wildman–Crippen MR) is 348 cm³/mol. The largest absolute Gasteiger partial charge is 0.455 e. The van der Waals surface area contributed by atoms with Crippen molar-refractivity contribution in [3.63, 3.8) is 0 Å². The van der Waals surface area contributed by atoms with Crippen molar-refractivity contribution in [1.29, 1.82) is 0 Å². The highest BCUT2D eigenvalue weighted by atomic mass is 16.3. The molecule has 0 aliphatic rings. The van der Waals surface area contributed by atoms with Crippen LogP contribution in [0, 0.1) is 0 Å². The zero-order valence-electron chi connectivity index (χ0n) is 44.4. The van der Waals surface area contributed by atoms with Gasteiger partial charge in [0.05, 0.1) is 0 Å². The summed E-state index contributed by atoms with van der Waals surface area (Å²) in [6.45, 7) is 0. The summed E-state index contributed by atoms with van der Waals surface area (Å²) in [5.74, 6) is 0. The van der Waals surface area contributed by atoms with Gasteiger partial charge in [-0.15, -0.1) is 0 Å². The van der Waals surface area contributed by atoms with E-state index >= 15 is 0 Å². The summed E-state index contributed by atoms with van der Waals surface area (Å²) in [7, 11) is 0. The van der Waals surface area contributed by atoms with E-state index in [1.165, 1.54) is 98.0 Å². The molecular formula is C80H46O2. The van der Waals surface area contributed by atoms with Gasteiger partial charge in [0.15, 0.2) is 0 Å². The molecular weight excluding hydrogens is 993 g/mol. The van der Waals surface area contributed by atoms with Gasteiger partial charge in [-0.2, -0.15) is 0 Å². The second-order valence-corrected chi connectivity index (χ2v) is 22.1. The van der Waals surface area contributed by atoms with Crippen molar-refractivity contribution in [1.82, 2.24) is 0 Å². The third-order valence-electron chi connectivity index (χ3n) is 17.8. The van der Waals surface area contributed by atoms with Gasteiger partial charge < -0.3 is 8.83 Å². The Morgan fingerprint density at radius 1 is 0.183 bits per heavy atom. The highest BCUT2D eigenvalue weighted by molar-refractivity contribution is 6.30. The number of fused-ring (bicyclic) bond motifs is 16. The van der Waals surface area contributed by atoms with Crippen molar-refractivity contribution in [3.05, 3.63) is 279 Å². The quantitative estimate of drug-likeness (QED) is 0.161. The Morgan fingerprint density at radius 3 is 0.927 bits per heavy atom. The SMILES string of the molecule is c1ccc2cc(-c3cccc4c(-c5c6cccc(-c7cccc8c7oc7ccc9ccccc9c78)c6cc6c(-c7cccc8c7oc7ccc9ccccc9c78)cccc56)c5cccc(-c6ccc7ccccc7c6)c5cc34)ccc2c1. The molecule has 0 aliphatic heterocycles. The maximum atomic E-state index is 7.06. The van der Waals surface area contributed by atoms with Crippen LogP contribution in [0.4, 0.5) is 0 Å². The minimum Gasteiger partial charge on any atom is -0.455 e. The van der Waals surface area contributed by atoms with Crippen LogP contribution < -0.4 is 0 Å². The third-order valence-corrected chi connectivity index (χ3v) is 17.8. The minimum absolute atomic E-state index is 0.881. The van der Waals surface area contributed by atoms with Gasteiger partial charge >= 0.3 is 0 Å². The lowest BCUT2D eigenvalue weighted by molar-refractivity contribution is 0.670. The molecule has 16 aromatic carbocycles. The Balaban J connectivity index is 1.000. The first-order chi connectivity index (χ1) is 40.7. The van der Waals surface area contributed by atoms with Crippen molar-refractivity contribution < 1.29 is 8.83 Å². The van der Waals surface area contributed by atoms with Crippen LogP contribution in [0.5, 0.6) is 0 Å². The topological polar surface area (TPSA) is 26.3 Å². The van der Waals surface area contributed by atoms with Gasteiger partial charge in [0, 0.05) is 32.7 Å². The summed E-state index contributed by atoms with van der Waals surface area (Å²) < 4.78 is 14.1. The summed E-state index contributed by atoms with van der Waals surface area (Å²) in [6.07, 6.45) is 0. The lowest BCUT2D eigenvalue weighted by atomic mass is 9.81. The molecule has 82 heavy (non-hydrogen) atoms. The van der Waals surface area contributed by atoms with Gasteiger partial charge in [-0.1, -0.05) is 243 Å². The second kappa shape index (κ2) is 17.3. The molecule has 0 unspecified atom stereocenters. The van der Waals surface area contributed by atoms with E-state index in [4.69, 9.17) is 8.83 Å². The maximum absolute atomic E-state index is 7.06. The molecule has 0 saturated heterocycles. The number of hydrogen-bond acceptors (Lipinski definition) is 2. The summed E-state index contributed by atoms with van der Waals surface area (Å²) in [4.78, 5) is 0. The second-order valence-electron chi connectivity index (χ2n) is 22.1. The van der Waals surface area contributed by atoms with Gasteiger partial charge in [0.2, 0.25) is 0 Å². The lowest BCUT2D eigenvalue weighted by Gasteiger charge is -2.22. The van der Waals surface area contributed by atoms with Gasteiger partial charge in [-0.05, 0) is 167 Å². The summed E-state index contributed by atoms with van der Waals surface area (Å²) in [5.41, 5.74) is 15.0. The molecule has 0 amide bonds. The third kappa shape index (κ3) is 6.58. The van der Waals surface area contributed by atoms with Gasteiger partial charge in [-0.3, -0.25) is 0 Å². The van der Waals surface area contributed by atoms with Crippen LogP contribution in [0.1, 0.15) is 0 Å². The molecule has 0 aliphatic carbocycles. The molecule has 18 aromatic rings. The molecule has 2 heterocycles. The summed E-state index contributed by atoms with van der Waals surface area (Å²) >= 11 is 0. The van der Waals surface area contributed by atoms with Crippen molar-refractivity contribution >= 4 is 130 Å². The Labute approximate surface area is 470 Å². The van der Waals surface area contributed by atoms with E-state index in [0.29, 0.717) is 0 Å². The predicted octanol–water partition coefficient (Wildman–Crippen LogP) is 23.0. The number of para-hydroxylation sites is 2. The first-order valence-corrected chi connectivity index (χ1v) is 28.3. The first-order valence-electron chi connectivity index (χ1n) is 28.3. The molecule has 0 radical (unpaired) electrons. The first kappa shape index (κ1) is 45.1. The normalized spacial score (nSPS) is 12.1. The minimum atomic E-state index is 0.881. The lowest BCUT2D eigenvalue weighted by Crippen LogP contribution is -1.94. The zero-order chi connectivity index (χ0) is 53.6. The van der Waals surface area contributed by atoms with Crippen LogP contribution in [0.25, 0.3) is 186 Å². The molecule has 2 heteroatoms. The maximum Gasteiger partial charge on any atom is 0.143 e. The Kier molecular flexibility index (Phi) is 9.54. The van der Waals surface area contributed by atoms with Crippen molar-refractivity contribution in [2.24, 2.45) is 0 Å². The van der Waals surface area contributed by atoms with E-state index < -0.39 is 0 Å².